The van der Waals surface area contributed by atoms with Crippen molar-refractivity contribution in [2.24, 2.45) is 11.7 Å². The van der Waals surface area contributed by atoms with Gasteiger partial charge >= 0.3 is 0 Å². The van der Waals surface area contributed by atoms with Gasteiger partial charge in [0.05, 0.1) is 5.75 Å². The van der Waals surface area contributed by atoms with Crippen LogP contribution in [0.15, 0.2) is 0 Å². The number of nitrogens with two attached hydrogens (primary N) is 1. The lowest BCUT2D eigenvalue weighted by atomic mass is 9.91. The largest absolute Gasteiger partial charge is 0.324 e. The highest BCUT2D eigenvalue weighted by Gasteiger charge is 2.22. The number of rotatable bonds is 5. The van der Waals surface area contributed by atoms with Gasteiger partial charge < -0.3 is 5.73 Å². The monoisotopic (exact) mass is 248 g/mol. The van der Waals surface area contributed by atoms with E-state index in [9.17, 15) is 8.42 Å². The van der Waals surface area contributed by atoms with E-state index in [1.165, 1.54) is 19.3 Å². The quantitative estimate of drug-likeness (QED) is 0.768. The lowest BCUT2D eigenvalue weighted by Crippen LogP contribution is -2.46. The number of nitrogens with one attached hydrogen (secondary N) is 1. The van der Waals surface area contributed by atoms with Gasteiger partial charge in [0, 0.05) is 12.1 Å². The van der Waals surface area contributed by atoms with Crippen LogP contribution in [0.4, 0.5) is 0 Å². The molecule has 5 heteroatoms. The molecule has 16 heavy (non-hydrogen) atoms. The summed E-state index contributed by atoms with van der Waals surface area (Å²) in [6, 6.07) is 0. The average molecular weight is 248 g/mol. The highest BCUT2D eigenvalue weighted by Crippen LogP contribution is 2.24. The van der Waals surface area contributed by atoms with Crippen molar-refractivity contribution in [1.29, 1.82) is 0 Å². The third-order valence-corrected chi connectivity index (χ3v) is 4.42. The zero-order chi connectivity index (χ0) is 12.2. The molecule has 0 unspecified atom stereocenters. The van der Waals surface area contributed by atoms with Crippen LogP contribution in [0.1, 0.15) is 46.0 Å². The van der Waals surface area contributed by atoms with Crippen molar-refractivity contribution >= 4 is 10.0 Å². The molecule has 3 N–H and O–H groups in total. The summed E-state index contributed by atoms with van der Waals surface area (Å²) in [5.41, 5.74) is 5.26. The van der Waals surface area contributed by atoms with E-state index in [1.54, 1.807) is 0 Å². The first-order valence-electron chi connectivity index (χ1n) is 6.05. The van der Waals surface area contributed by atoms with Crippen molar-refractivity contribution in [3.05, 3.63) is 0 Å². The van der Waals surface area contributed by atoms with E-state index in [0.29, 0.717) is 12.5 Å². The molecule has 0 aromatic carbocycles. The summed E-state index contributed by atoms with van der Waals surface area (Å²) in [4.78, 5) is 0. The molecule has 1 saturated carbocycles. The summed E-state index contributed by atoms with van der Waals surface area (Å²) in [6.07, 6.45) is 5.69. The summed E-state index contributed by atoms with van der Waals surface area (Å²) in [6.45, 7) is 3.94. The summed E-state index contributed by atoms with van der Waals surface area (Å²) < 4.78 is 26.2. The molecule has 1 aliphatic carbocycles. The van der Waals surface area contributed by atoms with Crippen molar-refractivity contribution < 1.29 is 8.42 Å². The maximum absolute atomic E-state index is 11.8. The van der Waals surface area contributed by atoms with Crippen molar-refractivity contribution in [1.82, 2.24) is 4.72 Å². The highest BCUT2D eigenvalue weighted by atomic mass is 32.2. The molecule has 0 aliphatic heterocycles. The second kappa shape index (κ2) is 5.47. The number of sulfonamides is 1. The molecule has 1 rings (SSSR count). The Hall–Kier alpha value is -0.130. The number of hydrogen-bond donors (Lipinski definition) is 2. The van der Waals surface area contributed by atoms with Crippen LogP contribution in [-0.4, -0.2) is 26.3 Å². The Morgan fingerprint density at radius 3 is 2.31 bits per heavy atom. The van der Waals surface area contributed by atoms with E-state index in [-0.39, 0.29) is 5.75 Å². The second-order valence-corrected chi connectivity index (χ2v) is 7.45. The van der Waals surface area contributed by atoms with Crippen LogP contribution in [0.2, 0.25) is 0 Å². The van der Waals surface area contributed by atoms with Crippen LogP contribution in [0.25, 0.3) is 0 Å². The van der Waals surface area contributed by atoms with Gasteiger partial charge in [0.15, 0.2) is 0 Å². The summed E-state index contributed by atoms with van der Waals surface area (Å²) in [5.74, 6) is 0.607. The molecule has 0 radical (unpaired) electrons. The molecule has 1 aliphatic rings. The van der Waals surface area contributed by atoms with Crippen LogP contribution >= 0.6 is 0 Å². The molecule has 0 atom stereocenters. The van der Waals surface area contributed by atoms with E-state index >= 15 is 0 Å². The summed E-state index contributed by atoms with van der Waals surface area (Å²) >= 11 is 0. The lowest BCUT2D eigenvalue weighted by molar-refractivity contribution is 0.383. The standard InChI is InChI=1S/C11H24N2O2S/c1-11(2,12)9-13-16(14,15)8-10-6-4-3-5-7-10/h10,13H,3-9,12H2,1-2H3. The predicted molar refractivity (Wildman–Crippen MR) is 66.6 cm³/mol. The first-order chi connectivity index (χ1) is 7.29. The van der Waals surface area contributed by atoms with E-state index in [4.69, 9.17) is 5.73 Å². The maximum Gasteiger partial charge on any atom is 0.211 e. The Kier molecular flexibility index (Phi) is 4.76. The van der Waals surface area contributed by atoms with E-state index < -0.39 is 15.6 Å². The van der Waals surface area contributed by atoms with Crippen LogP contribution in [0.5, 0.6) is 0 Å². The van der Waals surface area contributed by atoms with Gasteiger partial charge in [0.2, 0.25) is 10.0 Å². The van der Waals surface area contributed by atoms with Crippen molar-refractivity contribution in [2.75, 3.05) is 12.3 Å². The zero-order valence-electron chi connectivity index (χ0n) is 10.3. The minimum atomic E-state index is -3.14. The molecule has 0 heterocycles. The van der Waals surface area contributed by atoms with Gasteiger partial charge in [-0.05, 0) is 32.6 Å². The van der Waals surface area contributed by atoms with Gasteiger partial charge in [-0.3, -0.25) is 0 Å². The van der Waals surface area contributed by atoms with Crippen LogP contribution < -0.4 is 10.5 Å². The zero-order valence-corrected chi connectivity index (χ0v) is 11.1. The van der Waals surface area contributed by atoms with Gasteiger partial charge in [-0.25, -0.2) is 13.1 Å². The Morgan fingerprint density at radius 1 is 1.25 bits per heavy atom. The van der Waals surface area contributed by atoms with Gasteiger partial charge in [-0.2, -0.15) is 0 Å². The Labute approximate surface area is 99.0 Å². The molecule has 0 bridgehead atoms. The lowest BCUT2D eigenvalue weighted by Gasteiger charge is -2.23. The summed E-state index contributed by atoms with van der Waals surface area (Å²) in [7, 11) is -3.14. The van der Waals surface area contributed by atoms with Gasteiger partial charge in [0.1, 0.15) is 0 Å². The van der Waals surface area contributed by atoms with Gasteiger partial charge in [0.25, 0.3) is 0 Å². The van der Waals surface area contributed by atoms with E-state index in [0.717, 1.165) is 12.8 Å². The Balaban J connectivity index is 2.38. The average Bonchev–Trinajstić information content (AvgIpc) is 2.15. The fourth-order valence-electron chi connectivity index (χ4n) is 2.02. The molecule has 0 amide bonds. The Bertz CT molecular complexity index is 300. The van der Waals surface area contributed by atoms with Gasteiger partial charge in [-0.1, -0.05) is 19.3 Å². The van der Waals surface area contributed by atoms with Gasteiger partial charge in [-0.15, -0.1) is 0 Å². The molecule has 4 nitrogen and oxygen atoms in total. The van der Waals surface area contributed by atoms with Crippen LogP contribution in [0.3, 0.4) is 0 Å². The predicted octanol–water partition coefficient (Wildman–Crippen LogP) is 1.22. The SMILES string of the molecule is CC(C)(N)CNS(=O)(=O)CC1CCCCC1. The molecule has 0 aromatic heterocycles. The smallest absolute Gasteiger partial charge is 0.211 e. The fourth-order valence-corrected chi connectivity index (χ4v) is 3.68. The molecule has 96 valence electrons. The summed E-state index contributed by atoms with van der Waals surface area (Å²) in [5, 5.41) is 0. The Morgan fingerprint density at radius 2 is 1.81 bits per heavy atom. The highest BCUT2D eigenvalue weighted by molar-refractivity contribution is 7.89. The minimum Gasteiger partial charge on any atom is -0.324 e. The van der Waals surface area contributed by atoms with Crippen molar-refractivity contribution in [3.8, 4) is 0 Å². The van der Waals surface area contributed by atoms with Crippen molar-refractivity contribution in [3.63, 3.8) is 0 Å². The number of hydrogen-bond acceptors (Lipinski definition) is 3. The molecular weight excluding hydrogens is 224 g/mol. The van der Waals surface area contributed by atoms with Crippen LogP contribution in [-0.2, 0) is 10.0 Å². The first kappa shape index (κ1) is 13.9. The van der Waals surface area contributed by atoms with Crippen molar-refractivity contribution in [2.45, 2.75) is 51.5 Å². The normalized spacial score (nSPS) is 19.9. The topological polar surface area (TPSA) is 72.2 Å². The third-order valence-electron chi connectivity index (χ3n) is 2.93. The first-order valence-corrected chi connectivity index (χ1v) is 7.70. The minimum absolute atomic E-state index is 0.267. The maximum atomic E-state index is 11.8. The molecule has 0 aromatic rings. The molecule has 0 spiro atoms. The second-order valence-electron chi connectivity index (χ2n) is 5.60. The molecule has 0 saturated heterocycles. The molecular formula is C11H24N2O2S. The molecule has 1 fully saturated rings. The van der Waals surface area contributed by atoms with E-state index in [1.807, 2.05) is 13.8 Å². The van der Waals surface area contributed by atoms with E-state index in [2.05, 4.69) is 4.72 Å². The fraction of sp³-hybridized carbons (Fsp3) is 1.00. The third kappa shape index (κ3) is 5.82. The van der Waals surface area contributed by atoms with Crippen LogP contribution in [0, 0.1) is 5.92 Å².